The number of piperidine rings is 1. The molecule has 0 aromatic carbocycles. The molecule has 1 unspecified atom stereocenters. The summed E-state index contributed by atoms with van der Waals surface area (Å²) >= 11 is 0. The van der Waals surface area contributed by atoms with E-state index in [1.165, 1.54) is 0 Å². The van der Waals surface area contributed by atoms with Gasteiger partial charge in [0.05, 0.1) is 12.9 Å². The molecule has 3 heteroatoms. The maximum absolute atomic E-state index is 12.0. The Morgan fingerprint density at radius 3 is 3.07 bits per heavy atom. The number of ether oxygens (including phenoxy) is 1. The van der Waals surface area contributed by atoms with Crippen molar-refractivity contribution in [3.05, 3.63) is 11.8 Å². The molecule has 2 aliphatic rings. The van der Waals surface area contributed by atoms with E-state index in [4.69, 9.17) is 4.74 Å². The fourth-order valence-electron chi connectivity index (χ4n) is 2.08. The maximum Gasteiger partial charge on any atom is 0.166 e. The highest BCUT2D eigenvalue weighted by atomic mass is 16.5. The Morgan fingerprint density at radius 2 is 2.43 bits per heavy atom. The van der Waals surface area contributed by atoms with Crippen molar-refractivity contribution in [2.75, 3.05) is 19.7 Å². The zero-order valence-electron chi connectivity index (χ0n) is 8.42. The Morgan fingerprint density at radius 1 is 1.50 bits per heavy atom. The average Bonchev–Trinajstić information content (AvgIpc) is 2.30. The maximum atomic E-state index is 12.0. The van der Waals surface area contributed by atoms with Gasteiger partial charge in [0.15, 0.2) is 5.78 Å². The third kappa shape index (κ3) is 2.15. The summed E-state index contributed by atoms with van der Waals surface area (Å²) < 4.78 is 5.19. The lowest BCUT2D eigenvalue weighted by atomic mass is 9.89. The van der Waals surface area contributed by atoms with Crippen molar-refractivity contribution >= 4 is 5.78 Å². The summed E-state index contributed by atoms with van der Waals surface area (Å²) in [7, 11) is 0. The normalized spacial score (nSPS) is 27.7. The highest BCUT2D eigenvalue weighted by Crippen LogP contribution is 2.20. The van der Waals surface area contributed by atoms with Gasteiger partial charge in [0.1, 0.15) is 0 Å². The van der Waals surface area contributed by atoms with Crippen LogP contribution in [0.5, 0.6) is 0 Å². The first-order valence-corrected chi connectivity index (χ1v) is 5.43. The molecule has 0 radical (unpaired) electrons. The van der Waals surface area contributed by atoms with Crippen molar-refractivity contribution in [3.8, 4) is 0 Å². The molecule has 2 rings (SSSR count). The molecular weight excluding hydrogens is 178 g/mol. The second kappa shape index (κ2) is 4.60. The number of Topliss-reactive ketones (excluding diaryl/α,β-unsaturated/α-hetero) is 1. The molecule has 2 heterocycles. The van der Waals surface area contributed by atoms with Crippen molar-refractivity contribution in [1.29, 1.82) is 0 Å². The van der Waals surface area contributed by atoms with Crippen LogP contribution in [0.4, 0.5) is 0 Å². The summed E-state index contributed by atoms with van der Waals surface area (Å²) in [5, 5.41) is 3.27. The summed E-state index contributed by atoms with van der Waals surface area (Å²) in [6.07, 6.45) is 5.70. The molecule has 0 aromatic heterocycles. The average molecular weight is 195 g/mol. The van der Waals surface area contributed by atoms with Gasteiger partial charge in [0, 0.05) is 18.0 Å². The van der Waals surface area contributed by atoms with Crippen LogP contribution in [0, 0.1) is 5.92 Å². The molecular formula is C11H17NO2. The van der Waals surface area contributed by atoms with E-state index in [0.717, 1.165) is 51.0 Å². The first-order chi connectivity index (χ1) is 6.88. The van der Waals surface area contributed by atoms with Gasteiger partial charge in [0.2, 0.25) is 0 Å². The molecule has 1 N–H and O–H groups in total. The number of ketones is 1. The Labute approximate surface area is 84.5 Å². The Hall–Kier alpha value is -0.830. The van der Waals surface area contributed by atoms with Gasteiger partial charge in [-0.25, -0.2) is 0 Å². The van der Waals surface area contributed by atoms with Crippen LogP contribution >= 0.6 is 0 Å². The van der Waals surface area contributed by atoms with E-state index in [1.807, 2.05) is 0 Å². The molecule has 14 heavy (non-hydrogen) atoms. The first-order valence-electron chi connectivity index (χ1n) is 5.43. The molecule has 0 saturated carbocycles. The van der Waals surface area contributed by atoms with Gasteiger partial charge < -0.3 is 10.1 Å². The number of hydrogen-bond donors (Lipinski definition) is 1. The van der Waals surface area contributed by atoms with Crippen molar-refractivity contribution < 1.29 is 9.53 Å². The predicted molar refractivity (Wildman–Crippen MR) is 53.9 cm³/mol. The van der Waals surface area contributed by atoms with Gasteiger partial charge >= 0.3 is 0 Å². The third-order valence-electron chi connectivity index (χ3n) is 2.92. The number of carbonyl (C=O) groups excluding carboxylic acids is 1. The van der Waals surface area contributed by atoms with Gasteiger partial charge in [-0.2, -0.15) is 0 Å². The topological polar surface area (TPSA) is 38.3 Å². The number of rotatable bonds is 2. The zero-order chi connectivity index (χ0) is 9.80. The van der Waals surface area contributed by atoms with Crippen LogP contribution in [0.2, 0.25) is 0 Å². The number of hydrogen-bond acceptors (Lipinski definition) is 3. The third-order valence-corrected chi connectivity index (χ3v) is 2.92. The Kier molecular flexibility index (Phi) is 3.19. The summed E-state index contributed by atoms with van der Waals surface area (Å²) in [5.74, 6) is 0.494. The quantitative estimate of drug-likeness (QED) is 0.720. The molecule has 0 spiro atoms. The van der Waals surface area contributed by atoms with E-state index >= 15 is 0 Å². The van der Waals surface area contributed by atoms with E-state index in [-0.39, 0.29) is 5.92 Å². The van der Waals surface area contributed by atoms with Crippen molar-refractivity contribution in [2.45, 2.75) is 25.7 Å². The van der Waals surface area contributed by atoms with Gasteiger partial charge in [-0.15, -0.1) is 0 Å². The molecule has 1 fully saturated rings. The predicted octanol–water partition coefficient (Wildman–Crippen LogP) is 1.25. The fourth-order valence-corrected chi connectivity index (χ4v) is 2.08. The van der Waals surface area contributed by atoms with Crippen molar-refractivity contribution in [2.24, 2.45) is 5.92 Å². The van der Waals surface area contributed by atoms with Crippen LogP contribution in [0.1, 0.15) is 25.7 Å². The summed E-state index contributed by atoms with van der Waals surface area (Å²) in [6, 6.07) is 0. The Balaban J connectivity index is 1.95. The van der Waals surface area contributed by atoms with E-state index in [1.54, 1.807) is 6.26 Å². The van der Waals surface area contributed by atoms with E-state index in [9.17, 15) is 4.79 Å². The van der Waals surface area contributed by atoms with Crippen LogP contribution in [0.3, 0.4) is 0 Å². The second-order valence-corrected chi connectivity index (χ2v) is 4.02. The van der Waals surface area contributed by atoms with Crippen molar-refractivity contribution in [1.82, 2.24) is 5.32 Å². The Bertz CT molecular complexity index is 242. The van der Waals surface area contributed by atoms with E-state index < -0.39 is 0 Å². The first kappa shape index (κ1) is 9.71. The number of allylic oxidation sites excluding steroid dienone is 1. The van der Waals surface area contributed by atoms with Gasteiger partial charge in [-0.1, -0.05) is 0 Å². The molecule has 1 atom stereocenters. The molecule has 3 nitrogen and oxygen atoms in total. The number of carbonyl (C=O) groups is 1. The van der Waals surface area contributed by atoms with Gasteiger partial charge in [-0.3, -0.25) is 4.79 Å². The molecule has 0 bridgehead atoms. The van der Waals surface area contributed by atoms with Gasteiger partial charge in [-0.05, 0) is 32.2 Å². The zero-order valence-corrected chi connectivity index (χ0v) is 8.42. The minimum absolute atomic E-state index is 0.191. The van der Waals surface area contributed by atoms with Crippen LogP contribution in [-0.2, 0) is 9.53 Å². The molecule has 0 aromatic rings. The van der Waals surface area contributed by atoms with Crippen molar-refractivity contribution in [3.63, 3.8) is 0 Å². The summed E-state index contributed by atoms with van der Waals surface area (Å²) in [6.45, 7) is 2.66. The van der Waals surface area contributed by atoms with Crippen LogP contribution in [-0.4, -0.2) is 25.5 Å². The summed E-state index contributed by atoms with van der Waals surface area (Å²) in [4.78, 5) is 12.0. The second-order valence-electron chi connectivity index (χ2n) is 4.02. The lowest BCUT2D eigenvalue weighted by Gasteiger charge is -2.23. The lowest BCUT2D eigenvalue weighted by Crippen LogP contribution is -2.35. The molecule has 78 valence electrons. The lowest BCUT2D eigenvalue weighted by molar-refractivity contribution is -0.120. The van der Waals surface area contributed by atoms with Gasteiger partial charge in [0.25, 0.3) is 0 Å². The highest BCUT2D eigenvalue weighted by Gasteiger charge is 2.24. The molecule has 0 amide bonds. The monoisotopic (exact) mass is 195 g/mol. The standard InChI is InChI=1S/C11H17NO2/c13-11(9-3-1-5-12-7-9)10-4-2-6-14-8-10/h8-9,12H,1-7H2. The smallest absolute Gasteiger partial charge is 0.166 e. The van der Waals surface area contributed by atoms with E-state index in [0.29, 0.717) is 5.78 Å². The number of nitrogens with one attached hydrogen (secondary N) is 1. The van der Waals surface area contributed by atoms with Crippen LogP contribution in [0.25, 0.3) is 0 Å². The van der Waals surface area contributed by atoms with E-state index in [2.05, 4.69) is 5.32 Å². The minimum Gasteiger partial charge on any atom is -0.501 e. The SMILES string of the molecule is O=C(C1=COCCC1)C1CCCNC1. The minimum atomic E-state index is 0.191. The molecule has 2 aliphatic heterocycles. The van der Waals surface area contributed by atoms with Crippen LogP contribution < -0.4 is 5.32 Å². The largest absolute Gasteiger partial charge is 0.501 e. The molecule has 1 saturated heterocycles. The molecule has 0 aliphatic carbocycles. The fraction of sp³-hybridized carbons (Fsp3) is 0.727. The highest BCUT2D eigenvalue weighted by molar-refractivity contribution is 5.97. The summed E-state index contributed by atoms with van der Waals surface area (Å²) in [5.41, 5.74) is 0.893. The van der Waals surface area contributed by atoms with Crippen LogP contribution in [0.15, 0.2) is 11.8 Å².